The Bertz CT molecular complexity index is 835. The van der Waals surface area contributed by atoms with Crippen LogP contribution in [0.15, 0.2) is 64.4 Å². The molecule has 3 nitrogen and oxygen atoms in total. The Labute approximate surface area is 130 Å². The molecule has 3 aromatic rings. The molecule has 0 saturated heterocycles. The average Bonchev–Trinajstić information content (AvgIpc) is 2.47. The Kier molecular flexibility index (Phi) is 3.82. The highest BCUT2D eigenvalue weighted by atomic mass is 35.5. The molecule has 0 fully saturated rings. The number of carboxylic acid groups (broad SMARTS) is 1. The highest BCUT2D eigenvalue weighted by molar-refractivity contribution is 7.99. The van der Waals surface area contributed by atoms with Crippen molar-refractivity contribution in [2.75, 3.05) is 0 Å². The van der Waals surface area contributed by atoms with Gasteiger partial charge in [-0.2, -0.15) is 0 Å². The molecule has 0 aliphatic carbocycles. The van der Waals surface area contributed by atoms with E-state index in [2.05, 4.69) is 4.98 Å². The van der Waals surface area contributed by atoms with Crippen molar-refractivity contribution in [3.63, 3.8) is 0 Å². The van der Waals surface area contributed by atoms with E-state index in [-0.39, 0.29) is 5.69 Å². The Morgan fingerprint density at radius 2 is 1.90 bits per heavy atom. The number of pyridine rings is 1. The third kappa shape index (κ3) is 3.01. The fourth-order valence-corrected chi connectivity index (χ4v) is 3.29. The van der Waals surface area contributed by atoms with E-state index < -0.39 is 5.97 Å². The van der Waals surface area contributed by atoms with E-state index in [0.717, 1.165) is 15.2 Å². The summed E-state index contributed by atoms with van der Waals surface area (Å²) < 4.78 is 0. The Balaban J connectivity index is 2.13. The smallest absolute Gasteiger partial charge is 0.354 e. The van der Waals surface area contributed by atoms with Gasteiger partial charge in [-0.1, -0.05) is 47.6 Å². The number of rotatable bonds is 3. The predicted molar refractivity (Wildman–Crippen MR) is 84.3 cm³/mol. The van der Waals surface area contributed by atoms with E-state index in [1.165, 1.54) is 11.8 Å². The van der Waals surface area contributed by atoms with Crippen molar-refractivity contribution in [3.05, 3.63) is 65.3 Å². The molecule has 0 saturated carbocycles. The largest absolute Gasteiger partial charge is 0.477 e. The summed E-state index contributed by atoms with van der Waals surface area (Å²) in [5, 5.41) is 10.8. The van der Waals surface area contributed by atoms with Crippen molar-refractivity contribution in [3.8, 4) is 0 Å². The SMILES string of the molecule is O=C(O)c1cc(Sc2cccc(Cl)c2)c2ccccc2n1. The van der Waals surface area contributed by atoms with E-state index in [1.807, 2.05) is 42.5 Å². The average molecular weight is 316 g/mol. The third-order valence-electron chi connectivity index (χ3n) is 2.92. The van der Waals surface area contributed by atoms with Gasteiger partial charge < -0.3 is 5.11 Å². The number of carbonyl (C=O) groups is 1. The summed E-state index contributed by atoms with van der Waals surface area (Å²) >= 11 is 7.47. The number of carboxylic acids is 1. The number of fused-ring (bicyclic) bond motifs is 1. The van der Waals surface area contributed by atoms with Crippen LogP contribution in [0.3, 0.4) is 0 Å². The highest BCUT2D eigenvalue weighted by Crippen LogP contribution is 2.34. The molecule has 5 heteroatoms. The minimum absolute atomic E-state index is 0.0400. The number of nitrogens with zero attached hydrogens (tertiary/aromatic N) is 1. The van der Waals surface area contributed by atoms with Gasteiger partial charge in [0.05, 0.1) is 5.52 Å². The van der Waals surface area contributed by atoms with Crippen LogP contribution in [0, 0.1) is 0 Å². The molecule has 0 aliphatic heterocycles. The first-order valence-corrected chi connectivity index (χ1v) is 7.39. The zero-order valence-corrected chi connectivity index (χ0v) is 12.4. The Morgan fingerprint density at radius 3 is 2.67 bits per heavy atom. The van der Waals surface area contributed by atoms with Crippen LogP contribution >= 0.6 is 23.4 Å². The van der Waals surface area contributed by atoms with Crippen LogP contribution < -0.4 is 0 Å². The summed E-state index contributed by atoms with van der Waals surface area (Å²) in [6, 6.07) is 16.5. The van der Waals surface area contributed by atoms with Crippen LogP contribution in [0.4, 0.5) is 0 Å². The lowest BCUT2D eigenvalue weighted by Crippen LogP contribution is -2.00. The molecule has 0 amide bonds. The van der Waals surface area contributed by atoms with Gasteiger partial charge in [0.2, 0.25) is 0 Å². The van der Waals surface area contributed by atoms with Crippen LogP contribution in [0.1, 0.15) is 10.5 Å². The molecule has 2 aromatic carbocycles. The minimum Gasteiger partial charge on any atom is -0.477 e. The summed E-state index contributed by atoms with van der Waals surface area (Å²) in [5.74, 6) is -1.03. The molecule has 1 heterocycles. The van der Waals surface area contributed by atoms with Crippen molar-refractivity contribution >= 4 is 40.2 Å². The summed E-state index contributed by atoms with van der Waals surface area (Å²) in [5.41, 5.74) is 0.708. The van der Waals surface area contributed by atoms with Crippen molar-refractivity contribution < 1.29 is 9.90 Å². The normalized spacial score (nSPS) is 10.7. The molecule has 0 atom stereocenters. The van der Waals surface area contributed by atoms with Gasteiger partial charge in [0, 0.05) is 20.2 Å². The molecule has 0 unspecified atom stereocenters. The number of aromatic nitrogens is 1. The van der Waals surface area contributed by atoms with Gasteiger partial charge in [-0.3, -0.25) is 0 Å². The number of benzene rings is 2. The van der Waals surface area contributed by atoms with Crippen molar-refractivity contribution in [2.24, 2.45) is 0 Å². The van der Waals surface area contributed by atoms with Crippen molar-refractivity contribution in [2.45, 2.75) is 9.79 Å². The quantitative estimate of drug-likeness (QED) is 0.758. The Morgan fingerprint density at radius 1 is 1.10 bits per heavy atom. The second kappa shape index (κ2) is 5.76. The van der Waals surface area contributed by atoms with Gasteiger partial charge in [0.25, 0.3) is 0 Å². The van der Waals surface area contributed by atoms with Gasteiger partial charge in [0.15, 0.2) is 0 Å². The van der Waals surface area contributed by atoms with E-state index in [0.29, 0.717) is 10.5 Å². The minimum atomic E-state index is -1.03. The molecule has 0 bridgehead atoms. The topological polar surface area (TPSA) is 50.2 Å². The zero-order valence-electron chi connectivity index (χ0n) is 10.8. The van der Waals surface area contributed by atoms with Gasteiger partial charge >= 0.3 is 5.97 Å². The second-order valence-corrected chi connectivity index (χ2v) is 5.94. The van der Waals surface area contributed by atoms with Crippen LogP contribution in [-0.2, 0) is 0 Å². The third-order valence-corrected chi connectivity index (χ3v) is 4.20. The first kappa shape index (κ1) is 13.9. The molecular weight excluding hydrogens is 306 g/mol. The number of halogens is 1. The molecule has 3 rings (SSSR count). The predicted octanol–water partition coefficient (Wildman–Crippen LogP) is 4.74. The molecular formula is C16H10ClNO2S. The van der Waals surface area contributed by atoms with Crippen LogP contribution in [0.5, 0.6) is 0 Å². The second-order valence-electron chi connectivity index (χ2n) is 4.39. The summed E-state index contributed by atoms with van der Waals surface area (Å²) in [6.45, 7) is 0. The first-order chi connectivity index (χ1) is 10.1. The molecule has 1 aromatic heterocycles. The van der Waals surface area contributed by atoms with E-state index in [4.69, 9.17) is 11.6 Å². The lowest BCUT2D eigenvalue weighted by atomic mass is 10.2. The monoisotopic (exact) mass is 315 g/mol. The van der Waals surface area contributed by atoms with Crippen molar-refractivity contribution in [1.82, 2.24) is 4.98 Å². The molecule has 104 valence electrons. The van der Waals surface area contributed by atoms with Gasteiger partial charge in [0.1, 0.15) is 5.69 Å². The van der Waals surface area contributed by atoms with E-state index in [9.17, 15) is 9.90 Å². The standard InChI is InChI=1S/C16H10ClNO2S/c17-10-4-3-5-11(8-10)21-15-9-14(16(19)20)18-13-7-2-1-6-12(13)15/h1-9H,(H,19,20). The fraction of sp³-hybridized carbons (Fsp3) is 0. The summed E-state index contributed by atoms with van der Waals surface area (Å²) in [4.78, 5) is 17.2. The fourth-order valence-electron chi connectivity index (χ4n) is 1.99. The van der Waals surface area contributed by atoms with Crippen molar-refractivity contribution in [1.29, 1.82) is 0 Å². The first-order valence-electron chi connectivity index (χ1n) is 6.20. The lowest BCUT2D eigenvalue weighted by Gasteiger charge is -2.08. The van der Waals surface area contributed by atoms with Gasteiger partial charge in [-0.15, -0.1) is 0 Å². The highest BCUT2D eigenvalue weighted by Gasteiger charge is 2.11. The van der Waals surface area contributed by atoms with Crippen LogP contribution in [0.25, 0.3) is 10.9 Å². The summed E-state index contributed by atoms with van der Waals surface area (Å²) in [6.07, 6.45) is 0. The molecule has 0 aliphatic rings. The van der Waals surface area contributed by atoms with E-state index in [1.54, 1.807) is 12.1 Å². The molecule has 1 N–H and O–H groups in total. The number of hydrogen-bond acceptors (Lipinski definition) is 3. The maximum atomic E-state index is 11.2. The number of hydrogen-bond donors (Lipinski definition) is 1. The molecule has 0 spiro atoms. The van der Waals surface area contributed by atoms with Gasteiger partial charge in [-0.25, -0.2) is 9.78 Å². The molecule has 0 radical (unpaired) electrons. The maximum absolute atomic E-state index is 11.2. The van der Waals surface area contributed by atoms with Crippen LogP contribution in [-0.4, -0.2) is 16.1 Å². The number of para-hydroxylation sites is 1. The molecule has 21 heavy (non-hydrogen) atoms. The number of aromatic carboxylic acids is 1. The Hall–Kier alpha value is -2.04. The maximum Gasteiger partial charge on any atom is 0.354 e. The van der Waals surface area contributed by atoms with Crippen LogP contribution in [0.2, 0.25) is 5.02 Å². The summed E-state index contributed by atoms with van der Waals surface area (Å²) in [7, 11) is 0. The van der Waals surface area contributed by atoms with E-state index >= 15 is 0 Å². The lowest BCUT2D eigenvalue weighted by molar-refractivity contribution is 0.0690. The zero-order chi connectivity index (χ0) is 14.8. The van der Waals surface area contributed by atoms with Gasteiger partial charge in [-0.05, 0) is 30.3 Å².